The number of aromatic nitrogens is 2. The number of aryl methyl sites for hydroxylation is 2. The van der Waals surface area contributed by atoms with Gasteiger partial charge in [0.15, 0.2) is 12.3 Å². The molecule has 1 heterocycles. The van der Waals surface area contributed by atoms with Crippen molar-refractivity contribution in [1.29, 1.82) is 0 Å². The minimum Gasteiger partial charge on any atom is -0.484 e. The standard InChI is InChI=1S/C21H20F3N3O2/c1-14-3-8-18(11-15(14)2)29-13-20(28)25-12-16-4-6-17(7-5-16)27-10-9-19(26-27)21(22,23)24/h3-11H,12-13H2,1-2H3,(H,25,28). The molecule has 29 heavy (non-hydrogen) atoms. The SMILES string of the molecule is Cc1ccc(OCC(=O)NCc2ccc(-n3ccc(C(F)(F)F)n3)cc2)cc1C. The molecule has 0 bridgehead atoms. The van der Waals surface area contributed by atoms with Crippen LogP contribution in [0.2, 0.25) is 0 Å². The van der Waals surface area contributed by atoms with Crippen LogP contribution in [-0.4, -0.2) is 22.3 Å². The third-order valence-corrected chi connectivity index (χ3v) is 4.42. The summed E-state index contributed by atoms with van der Waals surface area (Å²) >= 11 is 0. The number of carbonyl (C=O) groups is 1. The van der Waals surface area contributed by atoms with Gasteiger partial charge in [-0.3, -0.25) is 4.79 Å². The van der Waals surface area contributed by atoms with Gasteiger partial charge in [-0.1, -0.05) is 18.2 Å². The van der Waals surface area contributed by atoms with Gasteiger partial charge in [-0.15, -0.1) is 0 Å². The molecule has 1 amide bonds. The van der Waals surface area contributed by atoms with Crippen LogP contribution in [0.3, 0.4) is 0 Å². The largest absolute Gasteiger partial charge is 0.484 e. The smallest absolute Gasteiger partial charge is 0.435 e. The predicted octanol–water partition coefficient (Wildman–Crippen LogP) is 4.20. The Bertz CT molecular complexity index is 995. The maximum absolute atomic E-state index is 12.6. The van der Waals surface area contributed by atoms with E-state index in [1.165, 1.54) is 6.20 Å². The quantitative estimate of drug-likeness (QED) is 0.671. The van der Waals surface area contributed by atoms with Gasteiger partial charge in [0.05, 0.1) is 5.69 Å². The molecule has 8 heteroatoms. The van der Waals surface area contributed by atoms with Gasteiger partial charge in [0.1, 0.15) is 5.75 Å². The van der Waals surface area contributed by atoms with E-state index in [1.54, 1.807) is 24.3 Å². The summed E-state index contributed by atoms with van der Waals surface area (Å²) in [5.74, 6) is 0.360. The number of nitrogens with one attached hydrogen (secondary N) is 1. The second-order valence-electron chi connectivity index (χ2n) is 6.62. The topological polar surface area (TPSA) is 56.1 Å². The minimum absolute atomic E-state index is 0.103. The zero-order valence-electron chi connectivity index (χ0n) is 16.0. The molecule has 3 aromatic rings. The van der Waals surface area contributed by atoms with Crippen molar-refractivity contribution in [2.24, 2.45) is 0 Å². The molecule has 0 spiro atoms. The molecule has 0 aliphatic carbocycles. The van der Waals surface area contributed by atoms with Crippen LogP contribution in [0.1, 0.15) is 22.4 Å². The van der Waals surface area contributed by atoms with Crippen LogP contribution in [-0.2, 0) is 17.5 Å². The molecule has 0 atom stereocenters. The highest BCUT2D eigenvalue weighted by molar-refractivity contribution is 5.77. The van der Waals surface area contributed by atoms with Crippen LogP contribution in [0, 0.1) is 13.8 Å². The van der Waals surface area contributed by atoms with Crippen molar-refractivity contribution in [3.05, 3.63) is 77.1 Å². The molecular formula is C21H20F3N3O2. The summed E-state index contributed by atoms with van der Waals surface area (Å²) in [6.45, 7) is 4.15. The summed E-state index contributed by atoms with van der Waals surface area (Å²) in [6.07, 6.45) is -3.22. The number of ether oxygens (including phenoxy) is 1. The number of benzene rings is 2. The Balaban J connectivity index is 1.51. The number of nitrogens with zero attached hydrogens (tertiary/aromatic N) is 2. The first-order chi connectivity index (χ1) is 13.7. The lowest BCUT2D eigenvalue weighted by Crippen LogP contribution is -2.28. The summed E-state index contributed by atoms with van der Waals surface area (Å²) in [6, 6.07) is 13.3. The molecule has 0 fully saturated rings. The van der Waals surface area contributed by atoms with Gasteiger partial charge in [0.2, 0.25) is 0 Å². The van der Waals surface area contributed by atoms with Gasteiger partial charge < -0.3 is 10.1 Å². The van der Waals surface area contributed by atoms with Crippen molar-refractivity contribution in [3.8, 4) is 11.4 Å². The number of alkyl halides is 3. The number of hydrogen-bond acceptors (Lipinski definition) is 3. The second kappa shape index (κ2) is 8.38. The molecule has 3 rings (SSSR count). The van der Waals surface area contributed by atoms with Crippen molar-refractivity contribution >= 4 is 5.91 Å². The zero-order valence-corrected chi connectivity index (χ0v) is 16.0. The van der Waals surface area contributed by atoms with Gasteiger partial charge in [0.25, 0.3) is 5.91 Å². The first kappa shape index (κ1) is 20.4. The predicted molar refractivity (Wildman–Crippen MR) is 102 cm³/mol. The van der Waals surface area contributed by atoms with Gasteiger partial charge >= 0.3 is 6.18 Å². The Morgan fingerprint density at radius 2 is 1.79 bits per heavy atom. The zero-order chi connectivity index (χ0) is 21.0. The molecule has 0 radical (unpaired) electrons. The molecule has 0 unspecified atom stereocenters. The molecule has 0 aliphatic heterocycles. The highest BCUT2D eigenvalue weighted by Gasteiger charge is 2.33. The second-order valence-corrected chi connectivity index (χ2v) is 6.62. The Kier molecular flexibility index (Phi) is 5.91. The van der Waals surface area contributed by atoms with E-state index in [-0.39, 0.29) is 19.1 Å². The van der Waals surface area contributed by atoms with Crippen molar-refractivity contribution in [3.63, 3.8) is 0 Å². The van der Waals surface area contributed by atoms with E-state index in [0.29, 0.717) is 11.4 Å². The third kappa shape index (κ3) is 5.37. The molecule has 5 nitrogen and oxygen atoms in total. The van der Waals surface area contributed by atoms with E-state index in [0.717, 1.165) is 27.4 Å². The minimum atomic E-state index is -4.48. The van der Waals surface area contributed by atoms with Crippen LogP contribution in [0.5, 0.6) is 5.75 Å². The number of carbonyl (C=O) groups excluding carboxylic acids is 1. The summed E-state index contributed by atoms with van der Waals surface area (Å²) < 4.78 is 44.6. The average molecular weight is 403 g/mol. The number of hydrogen-bond donors (Lipinski definition) is 1. The fourth-order valence-electron chi connectivity index (χ4n) is 2.59. The monoisotopic (exact) mass is 403 g/mol. The van der Waals surface area contributed by atoms with Gasteiger partial charge in [-0.05, 0) is 60.9 Å². The van der Waals surface area contributed by atoms with Crippen molar-refractivity contribution in [1.82, 2.24) is 15.1 Å². The van der Waals surface area contributed by atoms with Crippen molar-refractivity contribution < 1.29 is 22.7 Å². The highest BCUT2D eigenvalue weighted by atomic mass is 19.4. The summed E-state index contributed by atoms with van der Waals surface area (Å²) in [4.78, 5) is 12.0. The van der Waals surface area contributed by atoms with Crippen LogP contribution >= 0.6 is 0 Å². The molecule has 0 aliphatic rings. The number of rotatable bonds is 6. The Labute approximate surface area is 166 Å². The van der Waals surface area contributed by atoms with Gasteiger partial charge in [-0.25, -0.2) is 4.68 Å². The summed E-state index contributed by atoms with van der Waals surface area (Å²) in [5.41, 5.74) is 2.58. The van der Waals surface area contributed by atoms with Crippen molar-refractivity contribution in [2.75, 3.05) is 6.61 Å². The van der Waals surface area contributed by atoms with Crippen LogP contribution in [0.15, 0.2) is 54.7 Å². The Morgan fingerprint density at radius 1 is 1.07 bits per heavy atom. The molecule has 2 aromatic carbocycles. The Morgan fingerprint density at radius 3 is 2.41 bits per heavy atom. The van der Waals surface area contributed by atoms with Gasteiger partial charge in [0, 0.05) is 12.7 Å². The fourth-order valence-corrected chi connectivity index (χ4v) is 2.59. The number of halogens is 3. The first-order valence-electron chi connectivity index (χ1n) is 8.91. The lowest BCUT2D eigenvalue weighted by molar-refractivity contribution is -0.141. The van der Waals surface area contributed by atoms with E-state index in [9.17, 15) is 18.0 Å². The molecule has 1 N–H and O–H groups in total. The lowest BCUT2D eigenvalue weighted by atomic mass is 10.1. The molecule has 0 saturated carbocycles. The Hall–Kier alpha value is -3.29. The fraction of sp³-hybridized carbons (Fsp3) is 0.238. The van der Waals surface area contributed by atoms with Crippen LogP contribution < -0.4 is 10.1 Å². The highest BCUT2D eigenvalue weighted by Crippen LogP contribution is 2.27. The molecule has 1 aromatic heterocycles. The number of amides is 1. The normalized spacial score (nSPS) is 11.3. The summed E-state index contributed by atoms with van der Waals surface area (Å²) in [7, 11) is 0. The van der Waals surface area contributed by atoms with E-state index < -0.39 is 11.9 Å². The maximum Gasteiger partial charge on any atom is 0.435 e. The average Bonchev–Trinajstić information content (AvgIpc) is 3.18. The maximum atomic E-state index is 12.6. The van der Waals surface area contributed by atoms with E-state index in [4.69, 9.17) is 4.74 Å². The first-order valence-corrected chi connectivity index (χ1v) is 8.91. The van der Waals surface area contributed by atoms with E-state index in [1.807, 2.05) is 32.0 Å². The van der Waals surface area contributed by atoms with E-state index >= 15 is 0 Å². The van der Waals surface area contributed by atoms with Crippen molar-refractivity contribution in [2.45, 2.75) is 26.6 Å². The molecule has 0 saturated heterocycles. The third-order valence-electron chi connectivity index (χ3n) is 4.42. The van der Waals surface area contributed by atoms with Gasteiger partial charge in [-0.2, -0.15) is 18.3 Å². The summed E-state index contributed by atoms with van der Waals surface area (Å²) in [5, 5.41) is 6.27. The van der Waals surface area contributed by atoms with Crippen LogP contribution in [0.25, 0.3) is 5.69 Å². The van der Waals surface area contributed by atoms with Crippen LogP contribution in [0.4, 0.5) is 13.2 Å². The molecular weight excluding hydrogens is 383 g/mol. The molecule has 152 valence electrons. The van der Waals surface area contributed by atoms with E-state index in [2.05, 4.69) is 10.4 Å². The lowest BCUT2D eigenvalue weighted by Gasteiger charge is -2.09.